The van der Waals surface area contributed by atoms with E-state index in [1.807, 2.05) is 6.07 Å². The van der Waals surface area contributed by atoms with Crippen LogP contribution >= 0.6 is 0 Å². The van der Waals surface area contributed by atoms with Crippen LogP contribution in [-0.2, 0) is 0 Å². The monoisotopic (exact) mass is 278 g/mol. The largest absolute Gasteiger partial charge is 0.376 e. The van der Waals surface area contributed by atoms with E-state index in [1.54, 1.807) is 12.1 Å². The maximum atomic E-state index is 13.8. The Labute approximate surface area is 121 Å². The predicted molar refractivity (Wildman–Crippen MR) is 83.2 cm³/mol. The molecule has 3 N–H and O–H groups in total. The van der Waals surface area contributed by atoms with Gasteiger partial charge >= 0.3 is 0 Å². The quantitative estimate of drug-likeness (QED) is 0.870. The fourth-order valence-electron chi connectivity index (χ4n) is 3.26. The summed E-state index contributed by atoms with van der Waals surface area (Å²) in [6.07, 6.45) is 4.34. The van der Waals surface area contributed by atoms with E-state index >= 15 is 0 Å². The van der Waals surface area contributed by atoms with Gasteiger partial charge in [0.2, 0.25) is 0 Å². The number of para-hydroxylation sites is 1. The second kappa shape index (κ2) is 5.72. The van der Waals surface area contributed by atoms with E-state index in [0.717, 1.165) is 31.6 Å². The maximum Gasteiger partial charge on any atom is 0.146 e. The van der Waals surface area contributed by atoms with Gasteiger partial charge in [-0.2, -0.15) is 0 Å². The molecule has 1 aliphatic carbocycles. The minimum Gasteiger partial charge on any atom is -0.376 e. The average molecular weight is 278 g/mol. The van der Waals surface area contributed by atoms with Crippen molar-refractivity contribution in [3.8, 4) is 0 Å². The molecule has 0 radical (unpaired) electrons. The smallest absolute Gasteiger partial charge is 0.146 e. The van der Waals surface area contributed by atoms with Gasteiger partial charge in [-0.25, -0.2) is 4.39 Å². The number of nitrogens with two attached hydrogens (primary N) is 1. The Balaban J connectivity index is 2.08. The highest BCUT2D eigenvalue weighted by atomic mass is 19.1. The summed E-state index contributed by atoms with van der Waals surface area (Å²) in [7, 11) is 0. The lowest BCUT2D eigenvalue weighted by Crippen LogP contribution is -2.49. The van der Waals surface area contributed by atoms with Gasteiger partial charge < -0.3 is 11.1 Å². The van der Waals surface area contributed by atoms with Gasteiger partial charge in [-0.1, -0.05) is 32.9 Å². The van der Waals surface area contributed by atoms with Crippen LogP contribution in [0.1, 0.15) is 46.5 Å². The molecule has 0 unspecified atom stereocenters. The van der Waals surface area contributed by atoms with E-state index in [2.05, 4.69) is 26.1 Å². The highest BCUT2D eigenvalue weighted by Gasteiger charge is 2.38. The van der Waals surface area contributed by atoms with Crippen LogP contribution in [0.25, 0.3) is 0 Å². The number of benzene rings is 1. The minimum absolute atomic E-state index is 0.149. The van der Waals surface area contributed by atoms with Crippen LogP contribution in [0.5, 0.6) is 0 Å². The molecule has 1 fully saturated rings. The first kappa shape index (κ1) is 15.3. The summed E-state index contributed by atoms with van der Waals surface area (Å²) in [5.41, 5.74) is 6.78. The van der Waals surface area contributed by atoms with Crippen molar-refractivity contribution >= 4 is 5.69 Å². The SMILES string of the molecule is CC(C)(C)C1CCC(CN)(Nc2ccccc2F)CC1. The summed E-state index contributed by atoms with van der Waals surface area (Å²) >= 11 is 0. The summed E-state index contributed by atoms with van der Waals surface area (Å²) in [5.74, 6) is 0.530. The van der Waals surface area contributed by atoms with Gasteiger partial charge in [0.15, 0.2) is 0 Å². The molecule has 0 amide bonds. The van der Waals surface area contributed by atoms with Crippen molar-refractivity contribution in [1.29, 1.82) is 0 Å². The first-order chi connectivity index (χ1) is 9.36. The Morgan fingerprint density at radius 1 is 1.25 bits per heavy atom. The third-order valence-electron chi connectivity index (χ3n) is 4.83. The fraction of sp³-hybridized carbons (Fsp3) is 0.647. The van der Waals surface area contributed by atoms with Crippen molar-refractivity contribution in [2.24, 2.45) is 17.1 Å². The molecule has 0 aliphatic heterocycles. The third kappa shape index (κ3) is 3.32. The molecule has 0 saturated heterocycles. The normalized spacial score (nSPS) is 27.4. The second-order valence-electron chi connectivity index (χ2n) is 7.23. The molecule has 2 rings (SSSR count). The van der Waals surface area contributed by atoms with Crippen LogP contribution in [0.2, 0.25) is 0 Å². The fourth-order valence-corrected chi connectivity index (χ4v) is 3.26. The zero-order valence-corrected chi connectivity index (χ0v) is 12.9. The van der Waals surface area contributed by atoms with Crippen molar-refractivity contribution < 1.29 is 4.39 Å². The van der Waals surface area contributed by atoms with Gasteiger partial charge in [0.25, 0.3) is 0 Å². The van der Waals surface area contributed by atoms with Gasteiger partial charge in [0, 0.05) is 12.1 Å². The molecule has 0 spiro atoms. The van der Waals surface area contributed by atoms with Crippen LogP contribution in [-0.4, -0.2) is 12.1 Å². The second-order valence-corrected chi connectivity index (χ2v) is 7.23. The van der Waals surface area contributed by atoms with E-state index in [0.29, 0.717) is 17.6 Å². The number of halogens is 1. The van der Waals surface area contributed by atoms with Gasteiger partial charge in [-0.15, -0.1) is 0 Å². The van der Waals surface area contributed by atoms with Crippen LogP contribution < -0.4 is 11.1 Å². The van der Waals surface area contributed by atoms with E-state index < -0.39 is 0 Å². The first-order valence-corrected chi connectivity index (χ1v) is 7.59. The maximum absolute atomic E-state index is 13.8. The van der Waals surface area contributed by atoms with Crippen molar-refractivity contribution in [2.75, 3.05) is 11.9 Å². The minimum atomic E-state index is -0.196. The van der Waals surface area contributed by atoms with Gasteiger partial charge in [-0.3, -0.25) is 0 Å². The molecule has 2 nitrogen and oxygen atoms in total. The molecule has 0 atom stereocenters. The molecule has 3 heteroatoms. The molecule has 112 valence electrons. The van der Waals surface area contributed by atoms with Gasteiger partial charge in [0.1, 0.15) is 5.82 Å². The highest BCUT2D eigenvalue weighted by Crippen LogP contribution is 2.42. The Morgan fingerprint density at radius 3 is 2.35 bits per heavy atom. The summed E-state index contributed by atoms with van der Waals surface area (Å²) in [4.78, 5) is 0. The molecule has 1 aromatic rings. The van der Waals surface area contributed by atoms with E-state index in [1.165, 1.54) is 6.07 Å². The number of hydrogen-bond donors (Lipinski definition) is 2. The van der Waals surface area contributed by atoms with Crippen molar-refractivity contribution in [1.82, 2.24) is 0 Å². The summed E-state index contributed by atoms with van der Waals surface area (Å²) in [6, 6.07) is 6.86. The van der Waals surface area contributed by atoms with E-state index in [-0.39, 0.29) is 11.4 Å². The molecular weight excluding hydrogens is 251 g/mol. The molecule has 1 aromatic carbocycles. The van der Waals surface area contributed by atoms with Crippen molar-refractivity contribution in [2.45, 2.75) is 52.0 Å². The van der Waals surface area contributed by atoms with Gasteiger partial charge in [0.05, 0.1) is 5.69 Å². The third-order valence-corrected chi connectivity index (χ3v) is 4.83. The number of nitrogens with one attached hydrogen (secondary N) is 1. The zero-order chi connectivity index (χ0) is 14.8. The number of anilines is 1. The topological polar surface area (TPSA) is 38.0 Å². The molecule has 0 aromatic heterocycles. The standard InChI is InChI=1S/C17H27FN2/c1-16(2,3)13-8-10-17(12-19,11-9-13)20-15-7-5-4-6-14(15)18/h4-7,13,20H,8-12,19H2,1-3H3. The van der Waals surface area contributed by atoms with E-state index in [9.17, 15) is 4.39 Å². The average Bonchev–Trinajstić information content (AvgIpc) is 2.41. The summed E-state index contributed by atoms with van der Waals surface area (Å²) < 4.78 is 13.8. The van der Waals surface area contributed by atoms with Crippen LogP contribution in [0, 0.1) is 17.2 Å². The molecule has 0 bridgehead atoms. The Hall–Kier alpha value is -1.09. The molecular formula is C17H27FN2. The summed E-state index contributed by atoms with van der Waals surface area (Å²) in [6.45, 7) is 7.46. The van der Waals surface area contributed by atoms with Crippen LogP contribution in [0.4, 0.5) is 10.1 Å². The molecule has 1 aliphatic rings. The lowest BCUT2D eigenvalue weighted by Gasteiger charge is -2.44. The summed E-state index contributed by atoms with van der Waals surface area (Å²) in [5, 5.41) is 3.38. The Bertz CT molecular complexity index is 443. The van der Waals surface area contributed by atoms with Crippen molar-refractivity contribution in [3.05, 3.63) is 30.1 Å². The van der Waals surface area contributed by atoms with Crippen molar-refractivity contribution in [3.63, 3.8) is 0 Å². The zero-order valence-electron chi connectivity index (χ0n) is 12.9. The van der Waals surface area contributed by atoms with Gasteiger partial charge in [-0.05, 0) is 49.1 Å². The number of rotatable bonds is 3. The highest BCUT2D eigenvalue weighted by molar-refractivity contribution is 5.47. The molecule has 0 heterocycles. The predicted octanol–water partition coefficient (Wildman–Crippen LogP) is 4.17. The lowest BCUT2D eigenvalue weighted by molar-refractivity contribution is 0.145. The lowest BCUT2D eigenvalue weighted by atomic mass is 9.67. The van der Waals surface area contributed by atoms with Crippen LogP contribution in [0.3, 0.4) is 0 Å². The molecule has 20 heavy (non-hydrogen) atoms. The Morgan fingerprint density at radius 2 is 1.85 bits per heavy atom. The van der Waals surface area contributed by atoms with Crippen LogP contribution in [0.15, 0.2) is 24.3 Å². The Kier molecular flexibility index (Phi) is 4.38. The van der Waals surface area contributed by atoms with E-state index in [4.69, 9.17) is 5.73 Å². The first-order valence-electron chi connectivity index (χ1n) is 7.59. The molecule has 1 saturated carbocycles. The number of hydrogen-bond acceptors (Lipinski definition) is 2.